The SMILES string of the molecule is CNC(=O)c1sc(N)nc1C(F)(F)F. The Morgan fingerprint density at radius 1 is 1.57 bits per heavy atom. The first kappa shape index (κ1) is 10.8. The number of amides is 1. The molecule has 1 aromatic heterocycles. The molecule has 3 N–H and O–H groups in total. The average molecular weight is 225 g/mol. The molecule has 1 heterocycles. The van der Waals surface area contributed by atoms with E-state index in [0.29, 0.717) is 11.3 Å². The van der Waals surface area contributed by atoms with E-state index in [1.807, 2.05) is 0 Å². The molecule has 8 heteroatoms. The van der Waals surface area contributed by atoms with Gasteiger partial charge in [0.05, 0.1) is 0 Å². The number of aromatic nitrogens is 1. The zero-order chi connectivity index (χ0) is 10.9. The highest BCUT2D eigenvalue weighted by atomic mass is 32.1. The lowest BCUT2D eigenvalue weighted by atomic mass is 10.3. The summed E-state index contributed by atoms with van der Waals surface area (Å²) in [6, 6.07) is 0. The third-order valence-electron chi connectivity index (χ3n) is 1.35. The highest BCUT2D eigenvalue weighted by Gasteiger charge is 2.39. The Bertz CT molecular complexity index is 360. The standard InChI is InChI=1S/C6H6F3N3OS/c1-11-4(13)2-3(6(7,8)9)12-5(10)14-2/h1H3,(H2,10,12)(H,11,13). The molecule has 0 saturated heterocycles. The van der Waals surface area contributed by atoms with Crippen molar-refractivity contribution in [1.29, 1.82) is 0 Å². The number of thiazole rings is 1. The van der Waals surface area contributed by atoms with Gasteiger partial charge in [0.25, 0.3) is 5.91 Å². The van der Waals surface area contributed by atoms with Gasteiger partial charge in [-0.15, -0.1) is 0 Å². The number of halogens is 3. The Hall–Kier alpha value is -1.31. The van der Waals surface area contributed by atoms with Crippen LogP contribution >= 0.6 is 11.3 Å². The zero-order valence-electron chi connectivity index (χ0n) is 6.97. The van der Waals surface area contributed by atoms with Crippen molar-refractivity contribution in [3.8, 4) is 0 Å². The number of nitrogens with zero attached hydrogens (tertiary/aromatic N) is 1. The summed E-state index contributed by atoms with van der Waals surface area (Å²) < 4.78 is 36.8. The lowest BCUT2D eigenvalue weighted by Crippen LogP contribution is -2.21. The summed E-state index contributed by atoms with van der Waals surface area (Å²) in [5.74, 6) is -0.841. The molecule has 1 rings (SSSR count). The number of nitrogens with one attached hydrogen (secondary N) is 1. The highest BCUT2D eigenvalue weighted by Crippen LogP contribution is 2.34. The minimum atomic E-state index is -4.66. The Morgan fingerprint density at radius 2 is 2.14 bits per heavy atom. The molecule has 1 aromatic rings. The zero-order valence-corrected chi connectivity index (χ0v) is 7.79. The minimum Gasteiger partial charge on any atom is -0.375 e. The summed E-state index contributed by atoms with van der Waals surface area (Å²) in [7, 11) is 1.23. The van der Waals surface area contributed by atoms with Gasteiger partial charge in [0, 0.05) is 7.05 Å². The van der Waals surface area contributed by atoms with E-state index in [9.17, 15) is 18.0 Å². The van der Waals surface area contributed by atoms with Crippen molar-refractivity contribution >= 4 is 22.4 Å². The van der Waals surface area contributed by atoms with Crippen LogP contribution in [0.25, 0.3) is 0 Å². The smallest absolute Gasteiger partial charge is 0.375 e. The second-order valence-corrected chi connectivity index (χ2v) is 3.34. The van der Waals surface area contributed by atoms with Crippen LogP contribution in [0.5, 0.6) is 0 Å². The molecule has 4 nitrogen and oxygen atoms in total. The van der Waals surface area contributed by atoms with Gasteiger partial charge in [-0.05, 0) is 0 Å². The number of hydrogen-bond acceptors (Lipinski definition) is 4. The van der Waals surface area contributed by atoms with Crippen molar-refractivity contribution in [3.63, 3.8) is 0 Å². The molecule has 0 unspecified atom stereocenters. The van der Waals surface area contributed by atoms with Gasteiger partial charge >= 0.3 is 6.18 Å². The molecule has 14 heavy (non-hydrogen) atoms. The van der Waals surface area contributed by atoms with Crippen LogP contribution in [0.15, 0.2) is 0 Å². The molecule has 0 fully saturated rings. The number of nitrogen functional groups attached to an aromatic ring is 1. The largest absolute Gasteiger partial charge is 0.435 e. The molecule has 0 aromatic carbocycles. The van der Waals surface area contributed by atoms with Crippen molar-refractivity contribution in [2.24, 2.45) is 0 Å². The summed E-state index contributed by atoms with van der Waals surface area (Å²) in [6.45, 7) is 0. The number of rotatable bonds is 1. The first-order valence-corrected chi connectivity index (χ1v) is 4.23. The second kappa shape index (κ2) is 3.45. The van der Waals surface area contributed by atoms with Crippen LogP contribution in [0.1, 0.15) is 15.4 Å². The van der Waals surface area contributed by atoms with Gasteiger partial charge in [0.2, 0.25) is 0 Å². The summed E-state index contributed by atoms with van der Waals surface area (Å²) in [6.07, 6.45) is -4.66. The molecular weight excluding hydrogens is 219 g/mol. The Labute approximate surface area is 80.9 Å². The van der Waals surface area contributed by atoms with Crippen molar-refractivity contribution in [2.45, 2.75) is 6.18 Å². The molecule has 0 aliphatic heterocycles. The maximum Gasteiger partial charge on any atom is 0.435 e. The lowest BCUT2D eigenvalue weighted by molar-refractivity contribution is -0.141. The Kier molecular flexibility index (Phi) is 2.65. The van der Waals surface area contributed by atoms with E-state index >= 15 is 0 Å². The molecule has 0 radical (unpaired) electrons. The van der Waals surface area contributed by atoms with Gasteiger partial charge in [-0.25, -0.2) is 4.98 Å². The number of carbonyl (C=O) groups excluding carboxylic acids is 1. The number of nitrogens with two attached hydrogens (primary N) is 1. The van der Waals surface area contributed by atoms with Gasteiger partial charge in [0.1, 0.15) is 4.88 Å². The molecule has 0 saturated carbocycles. The van der Waals surface area contributed by atoms with Crippen LogP contribution in [-0.2, 0) is 6.18 Å². The van der Waals surface area contributed by atoms with E-state index in [2.05, 4.69) is 10.3 Å². The topological polar surface area (TPSA) is 68.0 Å². The van der Waals surface area contributed by atoms with E-state index in [1.165, 1.54) is 7.05 Å². The van der Waals surface area contributed by atoms with Gasteiger partial charge in [-0.1, -0.05) is 11.3 Å². The third kappa shape index (κ3) is 1.95. The van der Waals surface area contributed by atoms with Crippen LogP contribution in [0.4, 0.5) is 18.3 Å². The summed E-state index contributed by atoms with van der Waals surface area (Å²) in [5, 5.41) is 1.80. The predicted octanol–water partition coefficient (Wildman–Crippen LogP) is 1.10. The fourth-order valence-corrected chi connectivity index (χ4v) is 1.60. The van der Waals surface area contributed by atoms with Crippen molar-refractivity contribution in [1.82, 2.24) is 10.3 Å². The molecule has 78 valence electrons. The molecule has 0 bridgehead atoms. The van der Waals surface area contributed by atoms with Crippen molar-refractivity contribution in [2.75, 3.05) is 12.8 Å². The maximum absolute atomic E-state index is 12.3. The first-order valence-electron chi connectivity index (χ1n) is 3.42. The number of anilines is 1. The monoisotopic (exact) mass is 225 g/mol. The fraction of sp³-hybridized carbons (Fsp3) is 0.333. The van der Waals surface area contributed by atoms with E-state index in [0.717, 1.165) is 0 Å². The first-order chi connectivity index (χ1) is 6.36. The number of carbonyl (C=O) groups is 1. The highest BCUT2D eigenvalue weighted by molar-refractivity contribution is 7.17. The molecular formula is C6H6F3N3OS. The molecule has 0 aliphatic carbocycles. The van der Waals surface area contributed by atoms with E-state index < -0.39 is 22.7 Å². The van der Waals surface area contributed by atoms with Crippen LogP contribution in [0.2, 0.25) is 0 Å². The van der Waals surface area contributed by atoms with Crippen LogP contribution in [0.3, 0.4) is 0 Å². The number of hydrogen-bond donors (Lipinski definition) is 2. The second-order valence-electron chi connectivity index (χ2n) is 2.31. The van der Waals surface area contributed by atoms with Gasteiger partial charge < -0.3 is 11.1 Å². The van der Waals surface area contributed by atoms with Gasteiger partial charge in [-0.2, -0.15) is 13.2 Å². The van der Waals surface area contributed by atoms with E-state index in [4.69, 9.17) is 5.73 Å². The van der Waals surface area contributed by atoms with Crippen LogP contribution < -0.4 is 11.1 Å². The fourth-order valence-electron chi connectivity index (χ4n) is 0.796. The van der Waals surface area contributed by atoms with Crippen molar-refractivity contribution in [3.05, 3.63) is 10.6 Å². The van der Waals surface area contributed by atoms with Crippen LogP contribution in [-0.4, -0.2) is 17.9 Å². The predicted molar refractivity (Wildman–Crippen MR) is 44.9 cm³/mol. The summed E-state index contributed by atoms with van der Waals surface area (Å²) >= 11 is 0.509. The summed E-state index contributed by atoms with van der Waals surface area (Å²) in [4.78, 5) is 13.5. The molecule has 1 amide bonds. The van der Waals surface area contributed by atoms with Gasteiger partial charge in [0.15, 0.2) is 10.8 Å². The lowest BCUT2D eigenvalue weighted by Gasteiger charge is -2.04. The summed E-state index contributed by atoms with van der Waals surface area (Å²) in [5.41, 5.74) is 3.86. The molecule has 0 atom stereocenters. The van der Waals surface area contributed by atoms with E-state index in [-0.39, 0.29) is 5.13 Å². The van der Waals surface area contributed by atoms with Crippen LogP contribution in [0, 0.1) is 0 Å². The van der Waals surface area contributed by atoms with Crippen molar-refractivity contribution < 1.29 is 18.0 Å². The van der Waals surface area contributed by atoms with Gasteiger partial charge in [-0.3, -0.25) is 4.79 Å². The Balaban J connectivity index is 3.23. The Morgan fingerprint density at radius 3 is 2.57 bits per heavy atom. The number of alkyl halides is 3. The average Bonchev–Trinajstić information content (AvgIpc) is 2.45. The molecule has 0 aliphatic rings. The minimum absolute atomic E-state index is 0.282. The third-order valence-corrected chi connectivity index (χ3v) is 2.23. The molecule has 0 spiro atoms. The normalized spacial score (nSPS) is 11.4. The quantitative estimate of drug-likeness (QED) is 0.752. The maximum atomic E-state index is 12.3. The van der Waals surface area contributed by atoms with E-state index in [1.54, 1.807) is 0 Å².